The predicted molar refractivity (Wildman–Crippen MR) is 138 cm³/mol. The monoisotopic (exact) mass is 506 g/mol. The topological polar surface area (TPSA) is 84.3 Å². The van der Waals surface area contributed by atoms with E-state index in [-0.39, 0.29) is 17.8 Å². The van der Waals surface area contributed by atoms with Crippen molar-refractivity contribution in [3.63, 3.8) is 0 Å². The summed E-state index contributed by atoms with van der Waals surface area (Å²) in [5.41, 5.74) is 3.21. The number of hydrogen-bond acceptors (Lipinski definition) is 4. The number of rotatable bonds is 7. The Morgan fingerprint density at radius 3 is 2.36 bits per heavy atom. The van der Waals surface area contributed by atoms with Crippen LogP contribution in [-0.4, -0.2) is 42.4 Å². The molecule has 1 saturated heterocycles. The number of nitrogens with one attached hydrogen (secondary N) is 1. The number of halogens is 1. The van der Waals surface area contributed by atoms with E-state index in [4.69, 9.17) is 0 Å². The number of anilines is 1. The zero-order valence-electron chi connectivity index (χ0n) is 20.0. The zero-order valence-corrected chi connectivity index (χ0v) is 20.8. The maximum Gasteiger partial charge on any atom is 0.232 e. The number of hydrogen-bond donors (Lipinski definition) is 1. The van der Waals surface area contributed by atoms with Crippen LogP contribution in [0.5, 0.6) is 0 Å². The van der Waals surface area contributed by atoms with E-state index >= 15 is 0 Å². The van der Waals surface area contributed by atoms with Gasteiger partial charge in [-0.15, -0.1) is 0 Å². The second-order valence-corrected chi connectivity index (χ2v) is 11.0. The largest absolute Gasteiger partial charge is 0.307 e. The van der Waals surface area contributed by atoms with E-state index in [1.807, 2.05) is 55.5 Å². The average Bonchev–Trinajstić information content (AvgIpc) is 3.38. The molecule has 1 aliphatic heterocycles. The van der Waals surface area contributed by atoms with Crippen LogP contribution in [0.2, 0.25) is 0 Å². The highest BCUT2D eigenvalue weighted by Gasteiger charge is 2.48. The Kier molecular flexibility index (Phi) is 6.36. The highest BCUT2D eigenvalue weighted by atomic mass is 32.2. The molecule has 1 amide bonds. The average molecular weight is 507 g/mol. The summed E-state index contributed by atoms with van der Waals surface area (Å²) >= 11 is 0. The van der Waals surface area contributed by atoms with Gasteiger partial charge in [0.05, 0.1) is 41.7 Å². The summed E-state index contributed by atoms with van der Waals surface area (Å²) < 4.78 is 42.3. The lowest BCUT2D eigenvalue weighted by Crippen LogP contribution is -2.46. The number of nitrogens with zero attached hydrogens (tertiary/aromatic N) is 3. The van der Waals surface area contributed by atoms with E-state index < -0.39 is 22.0 Å². The molecular weight excluding hydrogens is 479 g/mol. The summed E-state index contributed by atoms with van der Waals surface area (Å²) in [6, 6.07) is 20.4. The SMILES string of the molecule is CC[C@@H]1C(NS(C)(=O)=O)C(Cc2ccccc2)C(=O)N1c1ccc2c(cnn2-c2ccc(F)cc2)c1. The van der Waals surface area contributed by atoms with Gasteiger partial charge >= 0.3 is 0 Å². The number of carbonyl (C=O) groups excluding carboxylic acids is 1. The third kappa shape index (κ3) is 4.64. The summed E-state index contributed by atoms with van der Waals surface area (Å²) in [4.78, 5) is 15.5. The first kappa shape index (κ1) is 24.1. The molecule has 7 nitrogen and oxygen atoms in total. The van der Waals surface area contributed by atoms with E-state index in [9.17, 15) is 17.6 Å². The highest BCUT2D eigenvalue weighted by molar-refractivity contribution is 7.88. The van der Waals surface area contributed by atoms with Gasteiger partial charge in [-0.2, -0.15) is 5.10 Å². The summed E-state index contributed by atoms with van der Waals surface area (Å²) in [7, 11) is -3.54. The Balaban J connectivity index is 1.53. The quantitative estimate of drug-likeness (QED) is 0.410. The molecule has 36 heavy (non-hydrogen) atoms. The molecule has 3 aromatic carbocycles. The molecule has 186 valence electrons. The van der Waals surface area contributed by atoms with Crippen LogP contribution in [0.15, 0.2) is 79.0 Å². The van der Waals surface area contributed by atoms with Crippen molar-refractivity contribution >= 4 is 32.5 Å². The van der Waals surface area contributed by atoms with Gasteiger partial charge in [0, 0.05) is 11.1 Å². The van der Waals surface area contributed by atoms with E-state index in [1.54, 1.807) is 27.9 Å². The Morgan fingerprint density at radius 1 is 1.00 bits per heavy atom. The Labute approximate surface area is 209 Å². The Bertz CT molecular complexity index is 1500. The minimum Gasteiger partial charge on any atom is -0.307 e. The van der Waals surface area contributed by atoms with Crippen molar-refractivity contribution in [3.05, 3.63) is 90.4 Å². The van der Waals surface area contributed by atoms with Crippen LogP contribution in [0.3, 0.4) is 0 Å². The maximum absolute atomic E-state index is 13.8. The van der Waals surface area contributed by atoms with Crippen LogP contribution in [0.1, 0.15) is 18.9 Å². The summed E-state index contributed by atoms with van der Waals surface area (Å²) in [6.45, 7) is 1.96. The van der Waals surface area contributed by atoms with E-state index in [1.165, 1.54) is 12.1 Å². The first-order valence-electron chi connectivity index (χ1n) is 11.8. The maximum atomic E-state index is 13.8. The zero-order chi connectivity index (χ0) is 25.4. The third-order valence-corrected chi connectivity index (χ3v) is 7.40. The van der Waals surface area contributed by atoms with Crippen LogP contribution >= 0.6 is 0 Å². The van der Waals surface area contributed by atoms with Crippen molar-refractivity contribution in [2.45, 2.75) is 31.8 Å². The van der Waals surface area contributed by atoms with Crippen molar-refractivity contribution in [1.82, 2.24) is 14.5 Å². The standard InChI is InChI=1S/C27H27FN4O3S/c1-3-24-26(30-36(2,34)35)23(15-18-7-5-4-6-8-18)27(33)31(24)22-13-14-25-19(16-22)17-29-32(25)21-11-9-20(28)10-12-21/h4-14,16-17,23-24,26,30H,3,15H2,1-2H3/t23?,24-,26?/m1/s1. The second-order valence-electron chi connectivity index (χ2n) is 9.17. The lowest BCUT2D eigenvalue weighted by atomic mass is 9.91. The first-order valence-corrected chi connectivity index (χ1v) is 13.7. The highest BCUT2D eigenvalue weighted by Crippen LogP contribution is 2.36. The van der Waals surface area contributed by atoms with Gasteiger partial charge in [-0.3, -0.25) is 4.79 Å². The van der Waals surface area contributed by atoms with Gasteiger partial charge in [0.25, 0.3) is 0 Å². The molecule has 0 aliphatic carbocycles. The molecule has 3 atom stereocenters. The van der Waals surface area contributed by atoms with Crippen molar-refractivity contribution in [2.75, 3.05) is 11.2 Å². The molecular formula is C27H27FN4O3S. The van der Waals surface area contributed by atoms with E-state index in [0.29, 0.717) is 18.5 Å². The molecule has 0 spiro atoms. The molecule has 1 fully saturated rings. The van der Waals surface area contributed by atoms with E-state index in [2.05, 4.69) is 9.82 Å². The fourth-order valence-electron chi connectivity index (χ4n) is 5.13. The van der Waals surface area contributed by atoms with Gasteiger partial charge in [0.1, 0.15) is 5.82 Å². The molecule has 5 rings (SSSR count). The van der Waals surface area contributed by atoms with Crippen molar-refractivity contribution in [1.29, 1.82) is 0 Å². The van der Waals surface area contributed by atoms with Gasteiger partial charge < -0.3 is 4.90 Å². The van der Waals surface area contributed by atoms with Crippen molar-refractivity contribution in [3.8, 4) is 5.69 Å². The van der Waals surface area contributed by atoms with Crippen LogP contribution in [0.25, 0.3) is 16.6 Å². The lowest BCUT2D eigenvalue weighted by molar-refractivity contribution is -0.120. The minimum absolute atomic E-state index is 0.114. The second kappa shape index (κ2) is 9.48. The predicted octanol–water partition coefficient (Wildman–Crippen LogP) is 4.07. The molecule has 1 aliphatic rings. The number of sulfonamides is 1. The Morgan fingerprint density at radius 2 is 1.69 bits per heavy atom. The number of carbonyl (C=O) groups is 1. The molecule has 0 saturated carbocycles. The van der Waals surface area contributed by atoms with Gasteiger partial charge in [-0.1, -0.05) is 37.3 Å². The molecule has 4 aromatic rings. The van der Waals surface area contributed by atoms with Crippen LogP contribution in [0.4, 0.5) is 10.1 Å². The van der Waals surface area contributed by atoms with Gasteiger partial charge in [0.15, 0.2) is 0 Å². The molecule has 1 aromatic heterocycles. The number of fused-ring (bicyclic) bond motifs is 1. The molecule has 1 N–H and O–H groups in total. The Hall–Kier alpha value is -3.56. The van der Waals surface area contributed by atoms with Gasteiger partial charge in [-0.05, 0) is 60.9 Å². The van der Waals surface area contributed by atoms with Crippen LogP contribution in [-0.2, 0) is 21.2 Å². The summed E-state index contributed by atoms with van der Waals surface area (Å²) in [6.07, 6.45) is 3.85. The van der Waals surface area contributed by atoms with Crippen molar-refractivity contribution in [2.24, 2.45) is 5.92 Å². The summed E-state index contributed by atoms with van der Waals surface area (Å²) in [5.74, 6) is -0.972. The first-order chi connectivity index (χ1) is 17.2. The van der Waals surface area contributed by atoms with Gasteiger partial charge in [-0.25, -0.2) is 22.2 Å². The van der Waals surface area contributed by atoms with Crippen LogP contribution in [0, 0.1) is 11.7 Å². The third-order valence-electron chi connectivity index (χ3n) is 6.70. The molecule has 0 bridgehead atoms. The minimum atomic E-state index is -3.54. The number of benzene rings is 3. The lowest BCUT2D eigenvalue weighted by Gasteiger charge is -2.27. The fourth-order valence-corrected chi connectivity index (χ4v) is 5.94. The fraction of sp³-hybridized carbons (Fsp3) is 0.259. The normalized spacial score (nSPS) is 20.4. The smallest absolute Gasteiger partial charge is 0.232 e. The summed E-state index contributed by atoms with van der Waals surface area (Å²) in [5, 5.41) is 5.27. The number of amides is 1. The molecule has 0 radical (unpaired) electrons. The van der Waals surface area contributed by atoms with Crippen LogP contribution < -0.4 is 9.62 Å². The van der Waals surface area contributed by atoms with E-state index in [0.717, 1.165) is 28.4 Å². The molecule has 2 heterocycles. The molecule has 2 unspecified atom stereocenters. The van der Waals surface area contributed by atoms with Gasteiger partial charge in [0.2, 0.25) is 15.9 Å². The van der Waals surface area contributed by atoms with Crippen molar-refractivity contribution < 1.29 is 17.6 Å². The molecule has 9 heteroatoms. The number of aromatic nitrogens is 2.